The van der Waals surface area contributed by atoms with E-state index >= 15 is 0 Å². The fourth-order valence-corrected chi connectivity index (χ4v) is 7.89. The summed E-state index contributed by atoms with van der Waals surface area (Å²) in [5.74, 6) is -0.0862. The molecule has 0 aromatic rings. The monoisotopic (exact) mass is 870 g/mol. The molecule has 0 spiro atoms. The Hall–Kier alpha value is -2.18. The van der Waals surface area contributed by atoms with Crippen molar-refractivity contribution in [1.82, 2.24) is 5.32 Å². The lowest BCUT2D eigenvalue weighted by Gasteiger charge is -2.20. The highest BCUT2D eigenvalue weighted by molar-refractivity contribution is 5.76. The molecule has 0 aliphatic rings. The van der Waals surface area contributed by atoms with Crippen LogP contribution in [0.25, 0.3) is 0 Å². The van der Waals surface area contributed by atoms with E-state index in [2.05, 4.69) is 55.6 Å². The van der Waals surface area contributed by atoms with E-state index in [9.17, 15) is 19.8 Å². The maximum Gasteiger partial charge on any atom is 0.305 e. The summed E-state index contributed by atoms with van der Waals surface area (Å²) in [7, 11) is 0. The third kappa shape index (κ3) is 47.3. The normalized spacial score (nSPS) is 13.0. The molecule has 362 valence electrons. The van der Waals surface area contributed by atoms with Crippen molar-refractivity contribution in [2.45, 2.75) is 283 Å². The number of allylic oxidation sites excluding steroid dienone is 7. The molecule has 0 aliphatic carbocycles. The maximum atomic E-state index is 12.4. The van der Waals surface area contributed by atoms with Crippen LogP contribution in [0.1, 0.15) is 271 Å². The van der Waals surface area contributed by atoms with Gasteiger partial charge in [0.1, 0.15) is 0 Å². The lowest BCUT2D eigenvalue weighted by atomic mass is 10.1. The Morgan fingerprint density at radius 2 is 0.806 bits per heavy atom. The van der Waals surface area contributed by atoms with Gasteiger partial charge < -0.3 is 20.3 Å². The first-order valence-electron chi connectivity index (χ1n) is 26.9. The summed E-state index contributed by atoms with van der Waals surface area (Å²) < 4.78 is 5.45. The van der Waals surface area contributed by atoms with E-state index in [1.807, 2.05) is 6.08 Å². The van der Waals surface area contributed by atoms with Gasteiger partial charge in [-0.15, -0.1) is 0 Å². The highest BCUT2D eigenvalue weighted by atomic mass is 16.5. The van der Waals surface area contributed by atoms with Crippen LogP contribution in [-0.4, -0.2) is 47.4 Å². The molecule has 0 rings (SSSR count). The van der Waals surface area contributed by atoms with Gasteiger partial charge in [0.2, 0.25) is 5.91 Å². The van der Waals surface area contributed by atoms with Crippen molar-refractivity contribution in [3.8, 4) is 0 Å². The van der Waals surface area contributed by atoms with E-state index in [0.29, 0.717) is 19.4 Å². The molecule has 0 aromatic heterocycles. The molecule has 1 amide bonds. The van der Waals surface area contributed by atoms with Gasteiger partial charge in [0.25, 0.3) is 0 Å². The van der Waals surface area contributed by atoms with Gasteiger partial charge in [0.15, 0.2) is 0 Å². The Balaban J connectivity index is 3.47. The summed E-state index contributed by atoms with van der Waals surface area (Å²) in [5.41, 5.74) is 0. The summed E-state index contributed by atoms with van der Waals surface area (Å²) in [6.07, 6.45) is 64.1. The smallest absolute Gasteiger partial charge is 0.305 e. The van der Waals surface area contributed by atoms with Crippen molar-refractivity contribution < 1.29 is 24.5 Å². The molecule has 2 atom stereocenters. The van der Waals surface area contributed by atoms with Crippen molar-refractivity contribution in [1.29, 1.82) is 0 Å². The maximum absolute atomic E-state index is 12.4. The molecule has 3 N–H and O–H groups in total. The van der Waals surface area contributed by atoms with Crippen LogP contribution in [0.3, 0.4) is 0 Å². The molecule has 2 unspecified atom stereocenters. The topological polar surface area (TPSA) is 95.9 Å². The Bertz CT molecular complexity index is 1050. The van der Waals surface area contributed by atoms with Crippen LogP contribution >= 0.6 is 0 Å². The molecule has 0 saturated heterocycles. The van der Waals surface area contributed by atoms with Crippen molar-refractivity contribution in [3.63, 3.8) is 0 Å². The SMILES string of the molecule is CCCCC/C=C\CCCCCCCC(=O)OCCCCCCCCCCC/C=C\C/C=C\CCCCCCCCCC(=O)NC(CO)C(O)/C=C/CCCCCCCCCC. The fraction of sp³-hybridized carbons (Fsp3) is 0.821. The number of esters is 1. The van der Waals surface area contributed by atoms with Crippen LogP contribution in [0.5, 0.6) is 0 Å². The second-order valence-corrected chi connectivity index (χ2v) is 18.2. The predicted octanol–water partition coefficient (Wildman–Crippen LogP) is 16.2. The Morgan fingerprint density at radius 3 is 1.27 bits per heavy atom. The minimum atomic E-state index is -0.849. The quantitative estimate of drug-likeness (QED) is 0.0322. The zero-order valence-corrected chi connectivity index (χ0v) is 41.1. The predicted molar refractivity (Wildman–Crippen MR) is 269 cm³/mol. The van der Waals surface area contributed by atoms with E-state index in [1.54, 1.807) is 6.08 Å². The largest absolute Gasteiger partial charge is 0.466 e. The number of rotatable bonds is 49. The molecule has 0 bridgehead atoms. The number of aliphatic hydroxyl groups is 2. The molecule has 6 nitrogen and oxygen atoms in total. The zero-order chi connectivity index (χ0) is 45.1. The molecule has 0 radical (unpaired) electrons. The van der Waals surface area contributed by atoms with E-state index in [-0.39, 0.29) is 18.5 Å². The summed E-state index contributed by atoms with van der Waals surface area (Å²) in [4.78, 5) is 24.4. The van der Waals surface area contributed by atoms with Gasteiger partial charge >= 0.3 is 5.97 Å². The summed E-state index contributed by atoms with van der Waals surface area (Å²) in [6.45, 7) is 4.84. The molecule has 0 heterocycles. The second kappa shape index (κ2) is 51.5. The van der Waals surface area contributed by atoms with Gasteiger partial charge in [-0.2, -0.15) is 0 Å². The van der Waals surface area contributed by atoms with Gasteiger partial charge in [-0.05, 0) is 89.9 Å². The molecule has 0 saturated carbocycles. The minimum Gasteiger partial charge on any atom is -0.466 e. The van der Waals surface area contributed by atoms with Gasteiger partial charge in [-0.25, -0.2) is 0 Å². The number of aliphatic hydroxyl groups excluding tert-OH is 2. The van der Waals surface area contributed by atoms with Crippen LogP contribution in [0.4, 0.5) is 0 Å². The molecular weight excluding hydrogens is 767 g/mol. The average Bonchev–Trinajstić information content (AvgIpc) is 3.27. The van der Waals surface area contributed by atoms with E-state index in [1.165, 1.54) is 180 Å². The summed E-state index contributed by atoms with van der Waals surface area (Å²) in [6, 6.07) is -0.634. The molecule has 0 aliphatic heterocycles. The Labute approximate surface area is 385 Å². The molecule has 0 fully saturated rings. The Morgan fingerprint density at radius 1 is 0.452 bits per heavy atom. The highest BCUT2D eigenvalue weighted by Crippen LogP contribution is 2.14. The first kappa shape index (κ1) is 59.8. The molecule has 0 aromatic carbocycles. The number of amides is 1. The molecule has 62 heavy (non-hydrogen) atoms. The average molecular weight is 870 g/mol. The zero-order valence-electron chi connectivity index (χ0n) is 41.1. The number of carbonyl (C=O) groups excluding carboxylic acids is 2. The number of nitrogens with one attached hydrogen (secondary N) is 1. The van der Waals surface area contributed by atoms with Crippen LogP contribution in [0, 0.1) is 0 Å². The van der Waals surface area contributed by atoms with Crippen molar-refractivity contribution in [2.75, 3.05) is 13.2 Å². The van der Waals surface area contributed by atoms with E-state index in [0.717, 1.165) is 64.2 Å². The van der Waals surface area contributed by atoms with Crippen LogP contribution in [-0.2, 0) is 14.3 Å². The number of hydrogen-bond acceptors (Lipinski definition) is 5. The van der Waals surface area contributed by atoms with Gasteiger partial charge in [-0.3, -0.25) is 9.59 Å². The fourth-order valence-electron chi connectivity index (χ4n) is 7.89. The minimum absolute atomic E-state index is 0.00460. The van der Waals surface area contributed by atoms with Crippen molar-refractivity contribution in [2.24, 2.45) is 0 Å². The van der Waals surface area contributed by atoms with Gasteiger partial charge in [0.05, 0.1) is 25.4 Å². The summed E-state index contributed by atoms with van der Waals surface area (Å²) in [5, 5.41) is 22.9. The first-order valence-corrected chi connectivity index (χ1v) is 26.9. The van der Waals surface area contributed by atoms with E-state index in [4.69, 9.17) is 4.74 Å². The van der Waals surface area contributed by atoms with E-state index < -0.39 is 12.1 Å². The van der Waals surface area contributed by atoms with Crippen molar-refractivity contribution >= 4 is 11.9 Å². The number of unbranched alkanes of at least 4 members (excludes halogenated alkanes) is 32. The number of ether oxygens (including phenoxy) is 1. The van der Waals surface area contributed by atoms with Crippen LogP contribution < -0.4 is 5.32 Å². The standard InChI is InChI=1S/C56H103NO5/c1-3-5-7-9-11-13-15-30-34-38-42-46-50-56(61)62-51-47-43-39-35-31-28-26-24-22-20-18-16-17-19-21-23-25-27-29-33-37-41-45-49-55(60)57-53(52-58)54(59)48-44-40-36-32-14-12-10-8-6-4-2/h11,13,16,18-19,21,44,48,53-54,58-59H,3-10,12,14-15,17,20,22-43,45-47,49-52H2,1-2H3,(H,57,60)/b13-11-,18-16-,21-19-,48-44+. The van der Waals surface area contributed by atoms with Gasteiger partial charge in [0, 0.05) is 12.8 Å². The lowest BCUT2D eigenvalue weighted by molar-refractivity contribution is -0.143. The second-order valence-electron chi connectivity index (χ2n) is 18.2. The third-order valence-electron chi connectivity index (χ3n) is 12.1. The van der Waals surface area contributed by atoms with Crippen LogP contribution in [0.2, 0.25) is 0 Å². The molecular formula is C56H103NO5. The number of carbonyl (C=O) groups is 2. The first-order chi connectivity index (χ1) is 30.5. The van der Waals surface area contributed by atoms with Gasteiger partial charge in [-0.1, -0.05) is 217 Å². The third-order valence-corrected chi connectivity index (χ3v) is 12.1. The highest BCUT2D eigenvalue weighted by Gasteiger charge is 2.18. The Kier molecular flexibility index (Phi) is 49.6. The molecule has 6 heteroatoms. The van der Waals surface area contributed by atoms with Crippen molar-refractivity contribution in [3.05, 3.63) is 48.6 Å². The number of hydrogen-bond donors (Lipinski definition) is 3. The summed E-state index contributed by atoms with van der Waals surface area (Å²) >= 11 is 0. The lowest BCUT2D eigenvalue weighted by Crippen LogP contribution is -2.45. The van der Waals surface area contributed by atoms with Crippen LogP contribution in [0.15, 0.2) is 48.6 Å².